The van der Waals surface area contributed by atoms with Gasteiger partial charge in [0.2, 0.25) is 0 Å². The molecule has 21 heavy (non-hydrogen) atoms. The third-order valence-corrected chi connectivity index (χ3v) is 3.65. The van der Waals surface area contributed by atoms with Crippen molar-refractivity contribution in [3.8, 4) is 22.5 Å². The molecule has 3 rings (SSSR count). The molecule has 3 heteroatoms. The van der Waals surface area contributed by atoms with Gasteiger partial charge in [-0.15, -0.1) is 0 Å². The summed E-state index contributed by atoms with van der Waals surface area (Å²) in [6.07, 6.45) is 0. The first-order chi connectivity index (χ1) is 10.3. The summed E-state index contributed by atoms with van der Waals surface area (Å²) in [7, 11) is 0. The van der Waals surface area contributed by atoms with Gasteiger partial charge in [0, 0.05) is 23.6 Å². The highest BCUT2D eigenvalue weighted by atomic mass is 14.9. The number of benzene rings is 2. The lowest BCUT2D eigenvalue weighted by Gasteiger charge is -2.03. The van der Waals surface area contributed by atoms with E-state index in [1.54, 1.807) is 0 Å². The molecular formula is C18H19N3. The zero-order valence-electron chi connectivity index (χ0n) is 12.1. The van der Waals surface area contributed by atoms with E-state index in [-0.39, 0.29) is 5.92 Å². The van der Waals surface area contributed by atoms with Crippen LogP contribution in [0.25, 0.3) is 22.5 Å². The van der Waals surface area contributed by atoms with Gasteiger partial charge in [-0.25, -0.2) is 4.98 Å². The predicted molar refractivity (Wildman–Crippen MR) is 86.9 cm³/mol. The van der Waals surface area contributed by atoms with Crippen LogP contribution >= 0.6 is 0 Å². The monoisotopic (exact) mass is 277 g/mol. The fourth-order valence-electron chi connectivity index (χ4n) is 2.36. The lowest BCUT2D eigenvalue weighted by molar-refractivity contribution is 0.725. The van der Waals surface area contributed by atoms with Gasteiger partial charge in [-0.3, -0.25) is 0 Å². The molecule has 0 fully saturated rings. The van der Waals surface area contributed by atoms with Crippen molar-refractivity contribution < 1.29 is 0 Å². The molecule has 1 atom stereocenters. The van der Waals surface area contributed by atoms with E-state index in [4.69, 9.17) is 10.7 Å². The van der Waals surface area contributed by atoms with Crippen molar-refractivity contribution in [3.05, 3.63) is 66.5 Å². The summed E-state index contributed by atoms with van der Waals surface area (Å²) in [6, 6.07) is 20.5. The normalized spacial score (nSPS) is 12.3. The lowest BCUT2D eigenvalue weighted by atomic mass is 10.1. The quantitative estimate of drug-likeness (QED) is 0.762. The molecule has 3 aromatic rings. The molecule has 1 unspecified atom stereocenters. The average Bonchev–Trinajstić information content (AvgIpc) is 3.01. The summed E-state index contributed by atoms with van der Waals surface area (Å²) in [4.78, 5) is 8.25. The summed E-state index contributed by atoms with van der Waals surface area (Å²) in [5, 5.41) is 0. The minimum Gasteiger partial charge on any atom is -0.341 e. The van der Waals surface area contributed by atoms with Crippen LogP contribution in [0.15, 0.2) is 60.7 Å². The third-order valence-electron chi connectivity index (χ3n) is 3.65. The van der Waals surface area contributed by atoms with Gasteiger partial charge in [0.1, 0.15) is 5.82 Å². The average molecular weight is 277 g/mol. The Bertz CT molecular complexity index is 645. The molecule has 0 saturated carbocycles. The van der Waals surface area contributed by atoms with Gasteiger partial charge in [-0.1, -0.05) is 67.6 Å². The van der Waals surface area contributed by atoms with Crippen LogP contribution in [0.2, 0.25) is 0 Å². The van der Waals surface area contributed by atoms with Crippen LogP contribution in [-0.4, -0.2) is 16.5 Å². The molecule has 0 radical (unpaired) electrons. The van der Waals surface area contributed by atoms with Crippen LogP contribution in [0, 0.1) is 0 Å². The Morgan fingerprint density at radius 3 is 2.10 bits per heavy atom. The molecule has 0 spiro atoms. The second-order valence-electron chi connectivity index (χ2n) is 5.21. The fraction of sp³-hybridized carbons (Fsp3) is 0.167. The molecule has 0 bridgehead atoms. The number of nitrogens with two attached hydrogens (primary N) is 1. The summed E-state index contributed by atoms with van der Waals surface area (Å²) in [6.45, 7) is 2.67. The van der Waals surface area contributed by atoms with Gasteiger partial charge < -0.3 is 10.7 Å². The van der Waals surface area contributed by atoms with E-state index < -0.39 is 0 Å². The highest BCUT2D eigenvalue weighted by Crippen LogP contribution is 2.31. The van der Waals surface area contributed by atoms with Crippen LogP contribution in [0.4, 0.5) is 0 Å². The summed E-state index contributed by atoms with van der Waals surface area (Å²) in [5.41, 5.74) is 10.1. The first kappa shape index (κ1) is 13.6. The number of H-pyrrole nitrogens is 1. The molecule has 3 nitrogen and oxygen atoms in total. The Morgan fingerprint density at radius 1 is 0.952 bits per heavy atom. The highest BCUT2D eigenvalue weighted by molar-refractivity contribution is 5.78. The Labute approximate surface area is 124 Å². The Hall–Kier alpha value is -2.39. The maximum Gasteiger partial charge on any atom is 0.111 e. The van der Waals surface area contributed by atoms with Crippen LogP contribution in [0.1, 0.15) is 18.7 Å². The Balaban J connectivity index is 2.15. The third kappa shape index (κ3) is 2.73. The molecular weight excluding hydrogens is 258 g/mol. The van der Waals surface area contributed by atoms with Crippen molar-refractivity contribution in [1.82, 2.24) is 9.97 Å². The van der Waals surface area contributed by atoms with Crippen LogP contribution < -0.4 is 5.73 Å². The van der Waals surface area contributed by atoms with Crippen molar-refractivity contribution in [1.29, 1.82) is 0 Å². The Kier molecular flexibility index (Phi) is 3.84. The van der Waals surface area contributed by atoms with Crippen molar-refractivity contribution in [2.24, 2.45) is 5.73 Å². The van der Waals surface area contributed by atoms with E-state index >= 15 is 0 Å². The number of nitrogens with one attached hydrogen (secondary N) is 1. The molecule has 0 aliphatic rings. The second-order valence-corrected chi connectivity index (χ2v) is 5.21. The summed E-state index contributed by atoms with van der Waals surface area (Å²) < 4.78 is 0. The molecule has 1 aromatic heterocycles. The summed E-state index contributed by atoms with van der Waals surface area (Å²) >= 11 is 0. The zero-order chi connectivity index (χ0) is 14.7. The van der Waals surface area contributed by atoms with E-state index in [1.807, 2.05) is 36.4 Å². The van der Waals surface area contributed by atoms with Crippen molar-refractivity contribution in [2.75, 3.05) is 6.54 Å². The van der Waals surface area contributed by atoms with Crippen molar-refractivity contribution in [3.63, 3.8) is 0 Å². The van der Waals surface area contributed by atoms with E-state index in [0.717, 1.165) is 28.3 Å². The number of nitrogens with zero attached hydrogens (tertiary/aromatic N) is 1. The maximum atomic E-state index is 5.78. The van der Waals surface area contributed by atoms with E-state index in [1.165, 1.54) is 0 Å². The molecule has 2 aromatic carbocycles. The second kappa shape index (κ2) is 5.94. The molecule has 0 amide bonds. The number of hydrogen-bond acceptors (Lipinski definition) is 2. The predicted octanol–water partition coefficient (Wildman–Crippen LogP) is 3.81. The molecule has 0 aliphatic carbocycles. The van der Waals surface area contributed by atoms with Crippen LogP contribution in [0.5, 0.6) is 0 Å². The van der Waals surface area contributed by atoms with Crippen LogP contribution in [0.3, 0.4) is 0 Å². The fourth-order valence-corrected chi connectivity index (χ4v) is 2.36. The molecule has 0 aliphatic heterocycles. The first-order valence-electron chi connectivity index (χ1n) is 7.20. The topological polar surface area (TPSA) is 54.7 Å². The molecule has 0 saturated heterocycles. The van der Waals surface area contributed by atoms with Crippen molar-refractivity contribution >= 4 is 0 Å². The first-order valence-corrected chi connectivity index (χ1v) is 7.20. The van der Waals surface area contributed by atoms with E-state index in [0.29, 0.717) is 6.54 Å². The minimum atomic E-state index is 0.213. The lowest BCUT2D eigenvalue weighted by Crippen LogP contribution is -2.10. The van der Waals surface area contributed by atoms with Gasteiger partial charge >= 0.3 is 0 Å². The highest BCUT2D eigenvalue weighted by Gasteiger charge is 2.16. The van der Waals surface area contributed by atoms with Crippen molar-refractivity contribution in [2.45, 2.75) is 12.8 Å². The van der Waals surface area contributed by atoms with E-state index in [9.17, 15) is 0 Å². The van der Waals surface area contributed by atoms with Crippen LogP contribution in [-0.2, 0) is 0 Å². The minimum absolute atomic E-state index is 0.213. The molecule has 106 valence electrons. The van der Waals surface area contributed by atoms with Gasteiger partial charge in [0.25, 0.3) is 0 Å². The molecule has 1 heterocycles. The standard InChI is InChI=1S/C18H19N3/c1-13(12-19)18-20-16(14-8-4-2-5-9-14)17(21-18)15-10-6-3-7-11-15/h2-11,13H,12,19H2,1H3,(H,20,21). The number of hydrogen-bond donors (Lipinski definition) is 2. The zero-order valence-corrected chi connectivity index (χ0v) is 12.1. The maximum absolute atomic E-state index is 5.78. The Morgan fingerprint density at radius 2 is 1.52 bits per heavy atom. The number of imidazole rings is 1. The number of rotatable bonds is 4. The SMILES string of the molecule is CC(CN)c1nc(-c2ccccc2)c(-c2ccccc2)[nH]1. The smallest absolute Gasteiger partial charge is 0.111 e. The number of aromatic amines is 1. The number of aromatic nitrogens is 2. The summed E-state index contributed by atoms with van der Waals surface area (Å²) in [5.74, 6) is 1.15. The van der Waals surface area contributed by atoms with Gasteiger partial charge in [-0.2, -0.15) is 0 Å². The van der Waals surface area contributed by atoms with Gasteiger partial charge in [0.15, 0.2) is 0 Å². The molecule has 3 N–H and O–H groups in total. The largest absolute Gasteiger partial charge is 0.341 e. The van der Waals surface area contributed by atoms with Gasteiger partial charge in [-0.05, 0) is 0 Å². The van der Waals surface area contributed by atoms with E-state index in [2.05, 4.69) is 36.2 Å². The van der Waals surface area contributed by atoms with Gasteiger partial charge in [0.05, 0.1) is 11.4 Å².